The van der Waals surface area contributed by atoms with Gasteiger partial charge in [0.1, 0.15) is 5.82 Å². The molecule has 0 atom stereocenters. The summed E-state index contributed by atoms with van der Waals surface area (Å²) in [5.41, 5.74) is 6.58. The summed E-state index contributed by atoms with van der Waals surface area (Å²) < 4.78 is 40.0. The van der Waals surface area contributed by atoms with E-state index in [2.05, 4.69) is 36.3 Å². The van der Waals surface area contributed by atoms with E-state index in [1.54, 1.807) is 0 Å². The van der Waals surface area contributed by atoms with E-state index in [4.69, 9.17) is 0 Å². The highest BCUT2D eigenvalue weighted by molar-refractivity contribution is 7.88. The van der Waals surface area contributed by atoms with Crippen LogP contribution in [0.1, 0.15) is 29.9 Å². The van der Waals surface area contributed by atoms with Crippen molar-refractivity contribution >= 4 is 32.0 Å². The molecule has 0 radical (unpaired) electrons. The Bertz CT molecular complexity index is 1720. The largest absolute Gasteiger partial charge is 0.353 e. The molecule has 0 saturated carbocycles. The van der Waals surface area contributed by atoms with Crippen LogP contribution in [-0.2, 0) is 16.6 Å². The fraction of sp³-hybridized carbons (Fsp3) is 0.259. The van der Waals surface area contributed by atoms with Crippen molar-refractivity contribution < 1.29 is 12.8 Å². The van der Waals surface area contributed by atoms with Crippen LogP contribution in [0.4, 0.5) is 4.39 Å². The monoisotopic (exact) mass is 518 g/mol. The molecule has 0 unspecified atom stereocenters. The third-order valence-electron chi connectivity index (χ3n) is 6.98. The lowest BCUT2D eigenvalue weighted by Gasteiger charge is -2.22. The van der Waals surface area contributed by atoms with E-state index in [-0.39, 0.29) is 6.54 Å². The number of piperidine rings is 1. The topological polar surface area (TPSA) is 116 Å². The fourth-order valence-corrected chi connectivity index (χ4v) is 5.59. The van der Waals surface area contributed by atoms with Gasteiger partial charge in [-0.05, 0) is 90.5 Å². The van der Waals surface area contributed by atoms with Crippen LogP contribution in [-0.4, -0.2) is 47.9 Å². The average Bonchev–Trinajstić information content (AvgIpc) is 3.51. The SMILES string of the molecule is CS(=O)(=O)NCc1cc(F)cc(-c2cccc3[nH]c(-c4[nH]nc5ncc(C6CCNCC6)cc45)cc23)c1. The number of nitrogens with one attached hydrogen (secondary N) is 4. The Hall–Kier alpha value is -3.60. The zero-order chi connectivity index (χ0) is 25.6. The van der Waals surface area contributed by atoms with Crippen molar-refractivity contribution in [1.29, 1.82) is 0 Å². The number of hydrogen-bond acceptors (Lipinski definition) is 5. The van der Waals surface area contributed by atoms with E-state index < -0.39 is 15.8 Å². The van der Waals surface area contributed by atoms with Crippen molar-refractivity contribution in [3.8, 4) is 22.5 Å². The second-order valence-electron chi connectivity index (χ2n) is 9.65. The third-order valence-corrected chi connectivity index (χ3v) is 7.65. The van der Waals surface area contributed by atoms with E-state index in [1.807, 2.05) is 36.5 Å². The molecule has 1 saturated heterocycles. The first kappa shape index (κ1) is 23.8. The minimum Gasteiger partial charge on any atom is -0.353 e. The summed E-state index contributed by atoms with van der Waals surface area (Å²) in [4.78, 5) is 8.09. The van der Waals surface area contributed by atoms with Crippen LogP contribution in [0.25, 0.3) is 44.5 Å². The van der Waals surface area contributed by atoms with E-state index in [1.165, 1.54) is 17.7 Å². The first-order chi connectivity index (χ1) is 17.8. The molecule has 5 aromatic rings. The average molecular weight is 519 g/mol. The van der Waals surface area contributed by atoms with Gasteiger partial charge in [0.25, 0.3) is 0 Å². The maximum Gasteiger partial charge on any atom is 0.209 e. The second-order valence-corrected chi connectivity index (χ2v) is 11.5. The van der Waals surface area contributed by atoms with Gasteiger partial charge in [-0.2, -0.15) is 5.10 Å². The van der Waals surface area contributed by atoms with Crippen molar-refractivity contribution in [1.82, 2.24) is 30.2 Å². The molecule has 1 aliphatic heterocycles. The Kier molecular flexibility index (Phi) is 6.02. The third kappa shape index (κ3) is 4.87. The minimum absolute atomic E-state index is 0.0183. The zero-order valence-corrected chi connectivity index (χ0v) is 21.1. The first-order valence-corrected chi connectivity index (χ1v) is 14.1. The first-order valence-electron chi connectivity index (χ1n) is 12.3. The Labute approximate surface area is 213 Å². The van der Waals surface area contributed by atoms with Gasteiger partial charge in [0.05, 0.1) is 17.6 Å². The maximum absolute atomic E-state index is 14.5. The summed E-state index contributed by atoms with van der Waals surface area (Å²) in [6, 6.07) is 14.7. The molecule has 190 valence electrons. The van der Waals surface area contributed by atoms with Crippen molar-refractivity contribution in [2.24, 2.45) is 0 Å². The number of H-pyrrole nitrogens is 2. The van der Waals surface area contributed by atoms with Gasteiger partial charge in [-0.3, -0.25) is 5.10 Å². The van der Waals surface area contributed by atoms with Gasteiger partial charge in [0.2, 0.25) is 10.0 Å². The summed E-state index contributed by atoms with van der Waals surface area (Å²) in [6.07, 6.45) is 5.20. The lowest BCUT2D eigenvalue weighted by Crippen LogP contribution is -2.26. The molecule has 4 heterocycles. The molecule has 6 rings (SSSR count). The van der Waals surface area contributed by atoms with Gasteiger partial charge in [0.15, 0.2) is 5.65 Å². The van der Waals surface area contributed by atoms with Gasteiger partial charge in [0, 0.05) is 29.0 Å². The number of rotatable bonds is 6. The van der Waals surface area contributed by atoms with Crippen LogP contribution in [0.5, 0.6) is 0 Å². The summed E-state index contributed by atoms with van der Waals surface area (Å²) >= 11 is 0. The van der Waals surface area contributed by atoms with Crippen LogP contribution in [0.2, 0.25) is 0 Å². The Morgan fingerprint density at radius 2 is 1.92 bits per heavy atom. The summed E-state index contributed by atoms with van der Waals surface area (Å²) in [5, 5.41) is 12.9. The maximum atomic E-state index is 14.5. The van der Waals surface area contributed by atoms with E-state index >= 15 is 0 Å². The highest BCUT2D eigenvalue weighted by Crippen LogP contribution is 2.35. The van der Waals surface area contributed by atoms with Gasteiger partial charge >= 0.3 is 0 Å². The molecule has 4 N–H and O–H groups in total. The van der Waals surface area contributed by atoms with E-state index in [9.17, 15) is 12.8 Å². The number of hydrogen-bond donors (Lipinski definition) is 4. The summed E-state index contributed by atoms with van der Waals surface area (Å²) in [5.74, 6) is 0.0567. The van der Waals surface area contributed by atoms with Crippen molar-refractivity contribution in [2.45, 2.75) is 25.3 Å². The van der Waals surface area contributed by atoms with Crippen LogP contribution < -0.4 is 10.0 Å². The normalized spacial score (nSPS) is 15.1. The summed E-state index contributed by atoms with van der Waals surface area (Å²) in [6.45, 7) is 2.04. The number of sulfonamides is 1. The van der Waals surface area contributed by atoms with Gasteiger partial charge in [-0.25, -0.2) is 22.5 Å². The summed E-state index contributed by atoms with van der Waals surface area (Å²) in [7, 11) is -3.39. The molecule has 0 bridgehead atoms. The molecule has 8 nitrogen and oxygen atoms in total. The molecule has 0 amide bonds. The highest BCUT2D eigenvalue weighted by Gasteiger charge is 2.19. The molecule has 3 aromatic heterocycles. The lowest BCUT2D eigenvalue weighted by molar-refractivity contribution is 0.460. The molecule has 1 aliphatic rings. The molecular weight excluding hydrogens is 491 g/mol. The fourth-order valence-electron chi connectivity index (χ4n) is 5.16. The molecule has 10 heteroatoms. The van der Waals surface area contributed by atoms with Crippen molar-refractivity contribution in [2.75, 3.05) is 19.3 Å². The number of aromatic amines is 2. The Balaban J connectivity index is 1.40. The second kappa shape index (κ2) is 9.37. The van der Waals surface area contributed by atoms with E-state index in [0.717, 1.165) is 65.4 Å². The predicted octanol–water partition coefficient (Wildman–Crippen LogP) is 4.43. The molecule has 0 spiro atoms. The molecule has 2 aromatic carbocycles. The Morgan fingerprint density at radius 3 is 2.73 bits per heavy atom. The predicted molar refractivity (Wildman–Crippen MR) is 143 cm³/mol. The van der Waals surface area contributed by atoms with Crippen molar-refractivity contribution in [3.63, 3.8) is 0 Å². The van der Waals surface area contributed by atoms with Crippen LogP contribution in [0.3, 0.4) is 0 Å². The van der Waals surface area contributed by atoms with Gasteiger partial charge in [-0.15, -0.1) is 0 Å². The number of fused-ring (bicyclic) bond motifs is 2. The van der Waals surface area contributed by atoms with Gasteiger partial charge in [-0.1, -0.05) is 12.1 Å². The van der Waals surface area contributed by atoms with Crippen molar-refractivity contribution in [3.05, 3.63) is 71.7 Å². The standard InChI is InChI=1S/C27H27FN6O2S/c1-37(35,36)31-14-16-9-18(11-20(28)10-16)21-3-2-4-24-22(21)13-25(32-24)26-23-12-19(15-30-27(23)34-33-26)17-5-7-29-8-6-17/h2-4,9-13,15,17,29,31-32H,5-8,14H2,1H3,(H,30,33,34). The van der Waals surface area contributed by atoms with Gasteiger partial charge < -0.3 is 10.3 Å². The molecule has 1 fully saturated rings. The van der Waals surface area contributed by atoms with Crippen LogP contribution in [0.15, 0.2) is 54.7 Å². The number of aromatic nitrogens is 4. The van der Waals surface area contributed by atoms with Crippen LogP contribution >= 0.6 is 0 Å². The number of halogens is 1. The highest BCUT2D eigenvalue weighted by atomic mass is 32.2. The number of benzene rings is 2. The quantitative estimate of drug-likeness (QED) is 0.266. The smallest absolute Gasteiger partial charge is 0.209 e. The van der Waals surface area contributed by atoms with E-state index in [0.29, 0.717) is 22.7 Å². The zero-order valence-electron chi connectivity index (χ0n) is 20.3. The van der Waals surface area contributed by atoms with Crippen LogP contribution in [0, 0.1) is 5.82 Å². The molecule has 0 aliphatic carbocycles. The lowest BCUT2D eigenvalue weighted by atomic mass is 9.91. The Morgan fingerprint density at radius 1 is 1.08 bits per heavy atom. The molecule has 37 heavy (non-hydrogen) atoms. The number of nitrogens with zero attached hydrogens (tertiary/aromatic N) is 2. The molecular formula is C27H27FN6O2S. The minimum atomic E-state index is -3.39. The number of pyridine rings is 1.